The van der Waals surface area contributed by atoms with Crippen LogP contribution in [0.1, 0.15) is 19.3 Å². The fourth-order valence-electron chi connectivity index (χ4n) is 1.62. The predicted octanol–water partition coefficient (Wildman–Crippen LogP) is 3.52. The van der Waals surface area contributed by atoms with Crippen LogP contribution in [0, 0.1) is 5.82 Å². The molecule has 0 atom stereocenters. The maximum Gasteiger partial charge on any atom is 0.422 e. The fraction of sp³-hybridized carbons (Fsp3) is 0.500. The van der Waals surface area contributed by atoms with Crippen LogP contribution >= 0.6 is 0 Å². The first-order valence-corrected chi connectivity index (χ1v) is 6.59. The fourth-order valence-corrected chi connectivity index (χ4v) is 1.62. The van der Waals surface area contributed by atoms with Gasteiger partial charge in [-0.05, 0) is 25.0 Å². The average molecular weight is 323 g/mol. The molecule has 0 radical (unpaired) electrons. The minimum absolute atomic E-state index is 0.00221. The highest BCUT2D eigenvalue weighted by Gasteiger charge is 2.29. The molecule has 0 fully saturated rings. The van der Waals surface area contributed by atoms with Crippen molar-refractivity contribution in [1.29, 1.82) is 0 Å². The zero-order valence-corrected chi connectivity index (χ0v) is 12.0. The number of unbranched alkanes of at least 4 members (excludes halogenated alkanes) is 1. The molecule has 124 valence electrons. The Morgan fingerprint density at radius 1 is 1.27 bits per heavy atom. The molecule has 0 saturated carbocycles. The lowest BCUT2D eigenvalue weighted by Gasteiger charge is -2.14. The standard InChI is InChI=1S/C14H17F4NO3/c1-21-7-3-2-4-13(20)19-11-6-5-10(15)8-12(11)22-9-14(16,17)18/h5-6,8H,2-4,7,9H2,1H3,(H,19,20). The Morgan fingerprint density at radius 2 is 2.00 bits per heavy atom. The summed E-state index contributed by atoms with van der Waals surface area (Å²) in [6, 6.07) is 2.99. The maximum atomic E-state index is 13.1. The van der Waals surface area contributed by atoms with Crippen molar-refractivity contribution >= 4 is 11.6 Å². The van der Waals surface area contributed by atoms with Crippen LogP contribution in [0.2, 0.25) is 0 Å². The number of nitrogens with one attached hydrogen (secondary N) is 1. The minimum atomic E-state index is -4.55. The van der Waals surface area contributed by atoms with Crippen molar-refractivity contribution in [2.75, 3.05) is 25.6 Å². The van der Waals surface area contributed by atoms with Gasteiger partial charge in [-0.2, -0.15) is 13.2 Å². The third-order valence-electron chi connectivity index (χ3n) is 2.61. The SMILES string of the molecule is COCCCCC(=O)Nc1ccc(F)cc1OCC(F)(F)F. The van der Waals surface area contributed by atoms with E-state index in [0.717, 1.165) is 18.2 Å². The van der Waals surface area contributed by atoms with Gasteiger partial charge in [-0.3, -0.25) is 4.79 Å². The van der Waals surface area contributed by atoms with Gasteiger partial charge in [-0.1, -0.05) is 0 Å². The number of rotatable bonds is 8. The Balaban J connectivity index is 2.63. The Kier molecular flexibility index (Phi) is 7.10. The summed E-state index contributed by atoms with van der Waals surface area (Å²) in [6.07, 6.45) is -3.11. The molecule has 0 spiro atoms. The van der Waals surface area contributed by atoms with E-state index < -0.39 is 18.6 Å². The zero-order valence-electron chi connectivity index (χ0n) is 12.0. The van der Waals surface area contributed by atoms with Crippen LogP contribution in [0.15, 0.2) is 18.2 Å². The number of carbonyl (C=O) groups excluding carboxylic acids is 1. The van der Waals surface area contributed by atoms with Gasteiger partial charge in [0.2, 0.25) is 5.91 Å². The van der Waals surface area contributed by atoms with E-state index in [-0.39, 0.29) is 23.8 Å². The van der Waals surface area contributed by atoms with Crippen LogP contribution in [0.25, 0.3) is 0 Å². The van der Waals surface area contributed by atoms with Gasteiger partial charge in [-0.15, -0.1) is 0 Å². The van der Waals surface area contributed by atoms with Crippen LogP contribution in [0.3, 0.4) is 0 Å². The number of halogens is 4. The van der Waals surface area contributed by atoms with Gasteiger partial charge in [0.05, 0.1) is 5.69 Å². The average Bonchev–Trinajstić information content (AvgIpc) is 2.43. The number of anilines is 1. The third kappa shape index (κ3) is 7.26. The summed E-state index contributed by atoms with van der Waals surface area (Å²) in [6.45, 7) is -1.04. The number of amides is 1. The predicted molar refractivity (Wildman–Crippen MR) is 72.3 cm³/mol. The molecular weight excluding hydrogens is 306 g/mol. The van der Waals surface area contributed by atoms with Crippen LogP contribution in [-0.4, -0.2) is 32.4 Å². The number of carbonyl (C=O) groups is 1. The highest BCUT2D eigenvalue weighted by molar-refractivity contribution is 5.92. The van der Waals surface area contributed by atoms with Crippen molar-refractivity contribution < 1.29 is 31.8 Å². The molecule has 0 aliphatic heterocycles. The molecule has 1 aromatic carbocycles. The van der Waals surface area contributed by atoms with Crippen molar-refractivity contribution in [2.45, 2.75) is 25.4 Å². The van der Waals surface area contributed by atoms with Crippen LogP contribution in [0.4, 0.5) is 23.2 Å². The highest BCUT2D eigenvalue weighted by atomic mass is 19.4. The number of methoxy groups -OCH3 is 1. The maximum absolute atomic E-state index is 13.1. The summed E-state index contributed by atoms with van der Waals surface area (Å²) in [7, 11) is 1.54. The second-order valence-electron chi connectivity index (χ2n) is 4.54. The molecule has 0 aliphatic rings. The zero-order chi connectivity index (χ0) is 16.6. The first-order valence-electron chi connectivity index (χ1n) is 6.59. The van der Waals surface area contributed by atoms with Gasteiger partial charge >= 0.3 is 6.18 Å². The van der Waals surface area contributed by atoms with E-state index >= 15 is 0 Å². The van der Waals surface area contributed by atoms with Gasteiger partial charge in [0.25, 0.3) is 0 Å². The minimum Gasteiger partial charge on any atom is -0.482 e. The van der Waals surface area contributed by atoms with Crippen molar-refractivity contribution in [2.24, 2.45) is 0 Å². The quantitative estimate of drug-likeness (QED) is 0.588. The Labute approximate surface area is 125 Å². The lowest BCUT2D eigenvalue weighted by atomic mass is 10.2. The summed E-state index contributed by atoms with van der Waals surface area (Å²) in [4.78, 5) is 11.7. The lowest BCUT2D eigenvalue weighted by Crippen LogP contribution is -2.20. The largest absolute Gasteiger partial charge is 0.482 e. The van der Waals surface area contributed by atoms with Gasteiger partial charge in [0.15, 0.2) is 6.61 Å². The number of hydrogen-bond acceptors (Lipinski definition) is 3. The van der Waals surface area contributed by atoms with E-state index in [1.165, 1.54) is 0 Å². The molecule has 0 heterocycles. The van der Waals surface area contributed by atoms with Gasteiger partial charge in [-0.25, -0.2) is 4.39 Å². The van der Waals surface area contributed by atoms with E-state index in [0.29, 0.717) is 19.4 Å². The molecule has 0 saturated heterocycles. The molecular formula is C14H17F4NO3. The van der Waals surface area contributed by atoms with Gasteiger partial charge < -0.3 is 14.8 Å². The molecule has 4 nitrogen and oxygen atoms in total. The van der Waals surface area contributed by atoms with E-state index in [9.17, 15) is 22.4 Å². The lowest BCUT2D eigenvalue weighted by molar-refractivity contribution is -0.153. The molecule has 1 amide bonds. The second kappa shape index (κ2) is 8.57. The molecule has 0 aliphatic carbocycles. The van der Waals surface area contributed by atoms with Gasteiger partial charge in [0.1, 0.15) is 11.6 Å². The summed E-state index contributed by atoms with van der Waals surface area (Å²) in [5.41, 5.74) is 0.00221. The number of hydrogen-bond donors (Lipinski definition) is 1. The molecule has 8 heteroatoms. The van der Waals surface area contributed by atoms with E-state index in [1.807, 2.05) is 0 Å². The van der Waals surface area contributed by atoms with Crippen LogP contribution in [0.5, 0.6) is 5.75 Å². The topological polar surface area (TPSA) is 47.6 Å². The molecule has 0 unspecified atom stereocenters. The summed E-state index contributed by atoms with van der Waals surface area (Å²) >= 11 is 0. The normalized spacial score (nSPS) is 11.3. The molecule has 1 N–H and O–H groups in total. The van der Waals surface area contributed by atoms with Crippen molar-refractivity contribution in [3.05, 3.63) is 24.0 Å². The third-order valence-corrected chi connectivity index (χ3v) is 2.61. The van der Waals surface area contributed by atoms with Crippen molar-refractivity contribution in [1.82, 2.24) is 0 Å². The first-order chi connectivity index (χ1) is 10.3. The summed E-state index contributed by atoms with van der Waals surface area (Å²) < 4.78 is 58.9. The Hall–Kier alpha value is -1.83. The Bertz CT molecular complexity index is 491. The first kappa shape index (κ1) is 18.2. The number of alkyl halides is 3. The van der Waals surface area contributed by atoms with Crippen LogP contribution < -0.4 is 10.1 Å². The van der Waals surface area contributed by atoms with Crippen molar-refractivity contribution in [3.63, 3.8) is 0 Å². The molecule has 0 bridgehead atoms. The molecule has 1 rings (SSSR count). The number of benzene rings is 1. The Morgan fingerprint density at radius 3 is 2.64 bits per heavy atom. The summed E-state index contributed by atoms with van der Waals surface area (Å²) in [5.74, 6) is -1.50. The summed E-state index contributed by atoms with van der Waals surface area (Å²) in [5, 5.41) is 2.41. The smallest absolute Gasteiger partial charge is 0.422 e. The van der Waals surface area contributed by atoms with Crippen LogP contribution in [-0.2, 0) is 9.53 Å². The highest BCUT2D eigenvalue weighted by Crippen LogP contribution is 2.27. The molecule has 1 aromatic rings. The van der Waals surface area contributed by atoms with E-state index in [4.69, 9.17) is 4.74 Å². The van der Waals surface area contributed by atoms with Gasteiger partial charge in [0, 0.05) is 26.2 Å². The van der Waals surface area contributed by atoms with E-state index in [2.05, 4.69) is 10.1 Å². The van der Waals surface area contributed by atoms with E-state index in [1.54, 1.807) is 7.11 Å². The monoisotopic (exact) mass is 323 g/mol. The van der Waals surface area contributed by atoms with Crippen molar-refractivity contribution in [3.8, 4) is 5.75 Å². The second-order valence-corrected chi connectivity index (χ2v) is 4.54. The number of ether oxygens (including phenoxy) is 2. The molecule has 22 heavy (non-hydrogen) atoms. The molecule has 0 aromatic heterocycles.